The van der Waals surface area contributed by atoms with Gasteiger partial charge in [-0.25, -0.2) is 8.42 Å². The summed E-state index contributed by atoms with van der Waals surface area (Å²) >= 11 is 0. The summed E-state index contributed by atoms with van der Waals surface area (Å²) < 4.78 is 27.8. The molecule has 3 aromatic carbocycles. The summed E-state index contributed by atoms with van der Waals surface area (Å²) in [6, 6.07) is 20.9. The molecule has 5 nitrogen and oxygen atoms in total. The molecule has 0 bridgehead atoms. The summed E-state index contributed by atoms with van der Waals surface area (Å²) in [5.74, 6) is -0.249. The number of amides is 1. The Labute approximate surface area is 178 Å². The molecule has 2 N–H and O–H groups in total. The lowest BCUT2D eigenvalue weighted by Crippen LogP contribution is -2.28. The van der Waals surface area contributed by atoms with E-state index in [4.69, 9.17) is 0 Å². The van der Waals surface area contributed by atoms with Crippen LogP contribution in [-0.2, 0) is 10.0 Å². The zero-order valence-corrected chi connectivity index (χ0v) is 18.2. The van der Waals surface area contributed by atoms with E-state index >= 15 is 0 Å². The Kier molecular flexibility index (Phi) is 6.57. The lowest BCUT2D eigenvalue weighted by atomic mass is 9.99. The van der Waals surface area contributed by atoms with Crippen molar-refractivity contribution in [2.75, 3.05) is 4.72 Å². The highest BCUT2D eigenvalue weighted by Crippen LogP contribution is 2.22. The van der Waals surface area contributed by atoms with Crippen LogP contribution in [-0.4, -0.2) is 14.3 Å². The largest absolute Gasteiger partial charge is 0.345 e. The third kappa shape index (κ3) is 5.07. The summed E-state index contributed by atoms with van der Waals surface area (Å²) in [7, 11) is -3.73. The van der Waals surface area contributed by atoms with Gasteiger partial charge in [0, 0.05) is 11.3 Å². The van der Waals surface area contributed by atoms with Crippen LogP contribution in [0, 0.1) is 13.8 Å². The topological polar surface area (TPSA) is 75.3 Å². The quantitative estimate of drug-likeness (QED) is 0.563. The standard InChI is InChI=1S/C24H26N2O3S/c1-4-23(22-11-6-5-8-18(22)3)25-24(27)19-9-7-10-20(16-19)26-30(28,29)21-14-12-17(2)13-15-21/h5-16,23,26H,4H2,1-3H3,(H,25,27). The van der Waals surface area contributed by atoms with Crippen LogP contribution < -0.4 is 10.0 Å². The van der Waals surface area contributed by atoms with Gasteiger partial charge in [0.1, 0.15) is 0 Å². The van der Waals surface area contributed by atoms with Gasteiger partial charge in [0.15, 0.2) is 0 Å². The average Bonchev–Trinajstić information content (AvgIpc) is 2.72. The maximum absolute atomic E-state index is 12.8. The SMILES string of the molecule is CCC(NC(=O)c1cccc(NS(=O)(=O)c2ccc(C)cc2)c1)c1ccccc1C. The van der Waals surface area contributed by atoms with Gasteiger partial charge >= 0.3 is 0 Å². The number of benzene rings is 3. The Morgan fingerprint density at radius 1 is 0.933 bits per heavy atom. The Balaban J connectivity index is 1.78. The first kappa shape index (κ1) is 21.6. The number of carbonyl (C=O) groups excluding carboxylic acids is 1. The zero-order chi connectivity index (χ0) is 21.7. The molecule has 30 heavy (non-hydrogen) atoms. The molecule has 0 aromatic heterocycles. The first-order chi connectivity index (χ1) is 14.3. The molecule has 0 saturated heterocycles. The van der Waals surface area contributed by atoms with Crippen LogP contribution in [0.1, 0.15) is 46.4 Å². The number of carbonyl (C=O) groups is 1. The fraction of sp³-hybridized carbons (Fsp3) is 0.208. The van der Waals surface area contributed by atoms with Crippen LogP contribution >= 0.6 is 0 Å². The van der Waals surface area contributed by atoms with E-state index in [0.717, 1.165) is 23.1 Å². The molecule has 0 aliphatic rings. The van der Waals surface area contributed by atoms with E-state index in [1.165, 1.54) is 0 Å². The van der Waals surface area contributed by atoms with Crippen molar-refractivity contribution in [2.45, 2.75) is 38.1 Å². The highest BCUT2D eigenvalue weighted by molar-refractivity contribution is 7.92. The molecule has 3 aromatic rings. The molecule has 0 aliphatic carbocycles. The van der Waals surface area contributed by atoms with Crippen LogP contribution in [0.25, 0.3) is 0 Å². The summed E-state index contributed by atoms with van der Waals surface area (Å²) in [6.07, 6.45) is 0.746. The molecule has 1 atom stereocenters. The van der Waals surface area contributed by atoms with Gasteiger partial charge < -0.3 is 5.32 Å². The first-order valence-electron chi connectivity index (χ1n) is 9.86. The Bertz CT molecular complexity index is 1140. The highest BCUT2D eigenvalue weighted by Gasteiger charge is 2.18. The van der Waals surface area contributed by atoms with Crippen molar-refractivity contribution >= 4 is 21.6 Å². The van der Waals surface area contributed by atoms with E-state index in [1.54, 1.807) is 48.5 Å². The maximum atomic E-state index is 12.8. The molecule has 0 saturated carbocycles. The number of rotatable bonds is 7. The molecule has 1 amide bonds. The molecule has 0 aliphatic heterocycles. The van der Waals surface area contributed by atoms with Crippen molar-refractivity contribution < 1.29 is 13.2 Å². The molecule has 1 unspecified atom stereocenters. The van der Waals surface area contributed by atoms with Gasteiger partial charge in [-0.3, -0.25) is 9.52 Å². The monoisotopic (exact) mass is 422 g/mol. The predicted octanol–water partition coefficient (Wildman–Crippen LogP) is 4.99. The third-order valence-electron chi connectivity index (χ3n) is 4.99. The Morgan fingerprint density at radius 3 is 2.30 bits per heavy atom. The van der Waals surface area contributed by atoms with Crippen molar-refractivity contribution in [1.29, 1.82) is 0 Å². The van der Waals surface area contributed by atoms with Gasteiger partial charge in [-0.2, -0.15) is 0 Å². The summed E-state index contributed by atoms with van der Waals surface area (Å²) in [4.78, 5) is 13.0. The van der Waals surface area contributed by atoms with Crippen molar-refractivity contribution in [3.05, 3.63) is 95.1 Å². The lowest BCUT2D eigenvalue weighted by molar-refractivity contribution is 0.0935. The number of hydrogen-bond donors (Lipinski definition) is 2. The van der Waals surface area contributed by atoms with Gasteiger partial charge in [-0.05, 0) is 61.7 Å². The first-order valence-corrected chi connectivity index (χ1v) is 11.3. The fourth-order valence-electron chi connectivity index (χ4n) is 3.27. The van der Waals surface area contributed by atoms with Crippen LogP contribution in [0.3, 0.4) is 0 Å². The number of sulfonamides is 1. The number of hydrogen-bond acceptors (Lipinski definition) is 3. The smallest absolute Gasteiger partial charge is 0.261 e. The van der Waals surface area contributed by atoms with E-state index in [9.17, 15) is 13.2 Å². The van der Waals surface area contributed by atoms with Gasteiger partial charge in [0.25, 0.3) is 15.9 Å². The van der Waals surface area contributed by atoms with Crippen LogP contribution in [0.5, 0.6) is 0 Å². The van der Waals surface area contributed by atoms with E-state index < -0.39 is 10.0 Å². The minimum atomic E-state index is -3.73. The molecule has 0 spiro atoms. The van der Waals surface area contributed by atoms with Crippen LogP contribution in [0.15, 0.2) is 77.7 Å². The van der Waals surface area contributed by atoms with E-state index in [1.807, 2.05) is 45.0 Å². The molecular formula is C24H26N2O3S. The van der Waals surface area contributed by atoms with Crippen molar-refractivity contribution in [3.63, 3.8) is 0 Å². The molecule has 6 heteroatoms. The second-order valence-corrected chi connectivity index (χ2v) is 8.97. The molecule has 156 valence electrons. The normalized spacial score (nSPS) is 12.2. The number of anilines is 1. The Hall–Kier alpha value is -3.12. The summed E-state index contributed by atoms with van der Waals surface area (Å²) in [5.41, 5.74) is 3.90. The van der Waals surface area contributed by atoms with Crippen molar-refractivity contribution in [1.82, 2.24) is 5.32 Å². The second-order valence-electron chi connectivity index (χ2n) is 7.29. The van der Waals surface area contributed by atoms with E-state index in [2.05, 4.69) is 10.0 Å². The van der Waals surface area contributed by atoms with Crippen molar-refractivity contribution in [3.8, 4) is 0 Å². The molecular weight excluding hydrogens is 396 g/mol. The number of nitrogens with one attached hydrogen (secondary N) is 2. The molecule has 0 radical (unpaired) electrons. The minimum absolute atomic E-state index is 0.119. The van der Waals surface area contributed by atoms with Gasteiger partial charge in [0.2, 0.25) is 0 Å². The maximum Gasteiger partial charge on any atom is 0.261 e. The van der Waals surface area contributed by atoms with Crippen LogP contribution in [0.4, 0.5) is 5.69 Å². The van der Waals surface area contributed by atoms with Crippen LogP contribution in [0.2, 0.25) is 0 Å². The fourth-order valence-corrected chi connectivity index (χ4v) is 4.32. The van der Waals surface area contributed by atoms with Gasteiger partial charge in [-0.1, -0.05) is 55.0 Å². The van der Waals surface area contributed by atoms with E-state index in [0.29, 0.717) is 11.3 Å². The van der Waals surface area contributed by atoms with Gasteiger partial charge in [0.05, 0.1) is 10.9 Å². The zero-order valence-electron chi connectivity index (χ0n) is 17.3. The second kappa shape index (κ2) is 9.13. The minimum Gasteiger partial charge on any atom is -0.345 e. The summed E-state index contributed by atoms with van der Waals surface area (Å²) in [5, 5.41) is 3.05. The van der Waals surface area contributed by atoms with Crippen molar-refractivity contribution in [2.24, 2.45) is 0 Å². The predicted molar refractivity (Wildman–Crippen MR) is 120 cm³/mol. The lowest BCUT2D eigenvalue weighted by Gasteiger charge is -2.20. The number of aryl methyl sites for hydroxylation is 2. The highest BCUT2D eigenvalue weighted by atomic mass is 32.2. The Morgan fingerprint density at radius 2 is 1.63 bits per heavy atom. The van der Waals surface area contributed by atoms with E-state index in [-0.39, 0.29) is 16.8 Å². The molecule has 0 heterocycles. The average molecular weight is 423 g/mol. The third-order valence-corrected chi connectivity index (χ3v) is 6.38. The molecule has 3 rings (SSSR count). The summed E-state index contributed by atoms with van der Waals surface area (Å²) in [6.45, 7) is 5.93. The van der Waals surface area contributed by atoms with Gasteiger partial charge in [-0.15, -0.1) is 0 Å². The molecule has 0 fully saturated rings.